The molecule has 0 saturated heterocycles. The fraction of sp³-hybridized carbons (Fsp3) is 0.727. The van der Waals surface area contributed by atoms with Crippen molar-refractivity contribution in [1.82, 2.24) is 0 Å². The van der Waals surface area contributed by atoms with Gasteiger partial charge in [-0.3, -0.25) is 4.79 Å². The predicted molar refractivity (Wildman–Crippen MR) is 71.7 cm³/mol. The molecule has 0 rings (SSSR count). The van der Waals surface area contributed by atoms with Gasteiger partial charge in [-0.25, -0.2) is 0 Å². The summed E-state index contributed by atoms with van der Waals surface area (Å²) in [6.07, 6.45) is 7.68. The molecule has 0 aliphatic rings. The molecule has 0 saturated carbocycles. The van der Waals surface area contributed by atoms with Gasteiger partial charge in [0.2, 0.25) is 5.24 Å². The van der Waals surface area contributed by atoms with Crippen molar-refractivity contribution < 1.29 is 9.36 Å². The van der Waals surface area contributed by atoms with E-state index < -0.39 is 11.7 Å². The second kappa shape index (κ2) is 9.27. The first kappa shape index (κ1) is 16.2. The molecule has 1 unspecified atom stereocenters. The van der Waals surface area contributed by atoms with E-state index in [1.165, 1.54) is 19.3 Å². The van der Waals surface area contributed by atoms with Crippen molar-refractivity contribution >= 4 is 34.6 Å². The number of rotatable bonds is 9. The van der Waals surface area contributed by atoms with Crippen molar-refractivity contribution in [2.45, 2.75) is 45.4 Å². The summed E-state index contributed by atoms with van der Waals surface area (Å²) in [5.74, 6) is 1.54. The highest BCUT2D eigenvalue weighted by atomic mass is 35.7. The molecule has 0 N–H and O–H groups in total. The zero-order chi connectivity index (χ0) is 12.4. The molecule has 0 aliphatic heterocycles. The van der Waals surface area contributed by atoms with E-state index in [0.717, 1.165) is 12.8 Å². The van der Waals surface area contributed by atoms with Crippen LogP contribution in [0.3, 0.4) is 0 Å². The Morgan fingerprint density at radius 2 is 2.00 bits per heavy atom. The van der Waals surface area contributed by atoms with Crippen LogP contribution < -0.4 is 0 Å². The molecule has 0 aromatic heterocycles. The number of hydrogen-bond acceptors (Lipinski definition) is 2. The summed E-state index contributed by atoms with van der Waals surface area (Å²) in [7, 11) is 0. The molecule has 0 amide bonds. The Hall–Kier alpha value is 0.220. The molecule has 0 aromatic rings. The molecule has 0 heterocycles. The van der Waals surface area contributed by atoms with E-state index in [4.69, 9.17) is 22.8 Å². The summed E-state index contributed by atoms with van der Waals surface area (Å²) < 4.78 is 11.7. The highest BCUT2D eigenvalue weighted by Gasteiger charge is 2.14. The third kappa shape index (κ3) is 10.7. The van der Waals surface area contributed by atoms with Crippen molar-refractivity contribution in [3.63, 3.8) is 0 Å². The normalized spacial score (nSPS) is 15.2. The Kier molecular flexibility index (Phi) is 9.40. The minimum atomic E-state index is -2.82. The molecular weight excluding hydrogens is 266 g/mol. The minimum absolute atomic E-state index is 0.0719. The van der Waals surface area contributed by atoms with E-state index in [2.05, 4.69) is 6.92 Å². The van der Waals surface area contributed by atoms with Gasteiger partial charge in [-0.1, -0.05) is 32.3 Å². The van der Waals surface area contributed by atoms with Gasteiger partial charge in [0.15, 0.2) is 6.49 Å². The van der Waals surface area contributed by atoms with Crippen molar-refractivity contribution in [2.75, 3.05) is 6.16 Å². The predicted octanol–water partition coefficient (Wildman–Crippen LogP) is 5.14. The lowest BCUT2D eigenvalue weighted by Crippen LogP contribution is -1.90. The van der Waals surface area contributed by atoms with Crippen LogP contribution >= 0.6 is 29.3 Å². The maximum absolute atomic E-state index is 11.7. The van der Waals surface area contributed by atoms with Gasteiger partial charge in [0.1, 0.15) is 0 Å². The van der Waals surface area contributed by atoms with Gasteiger partial charge < -0.3 is 4.57 Å². The van der Waals surface area contributed by atoms with Crippen LogP contribution in [0, 0.1) is 0 Å². The summed E-state index contributed by atoms with van der Waals surface area (Å²) in [5.41, 5.74) is 0. The Balaban J connectivity index is 3.74. The van der Waals surface area contributed by atoms with Crippen LogP contribution in [0.25, 0.3) is 0 Å². The van der Waals surface area contributed by atoms with Crippen LogP contribution in [0.15, 0.2) is 11.9 Å². The third-order valence-corrected chi connectivity index (χ3v) is 4.69. The fourth-order valence-corrected chi connectivity index (χ4v) is 3.08. The van der Waals surface area contributed by atoms with Crippen LogP contribution in [-0.4, -0.2) is 11.4 Å². The number of unbranched alkanes of at least 4 members (excludes halogenated alkanes) is 4. The minimum Gasteiger partial charge on any atom is -0.302 e. The second-order valence-corrected chi connectivity index (χ2v) is 8.06. The smallest absolute Gasteiger partial charge is 0.222 e. The van der Waals surface area contributed by atoms with Gasteiger partial charge in [0, 0.05) is 12.6 Å². The zero-order valence-corrected chi connectivity index (χ0v) is 12.0. The number of carbonyl (C=O) groups is 1. The lowest BCUT2D eigenvalue weighted by atomic mass is 10.2. The van der Waals surface area contributed by atoms with Gasteiger partial charge in [0.25, 0.3) is 0 Å². The number of allylic oxidation sites excluding steroid dienone is 1. The Morgan fingerprint density at radius 3 is 2.56 bits per heavy atom. The molecule has 5 heteroatoms. The first-order valence-electron chi connectivity index (χ1n) is 5.62. The van der Waals surface area contributed by atoms with Crippen LogP contribution in [0.2, 0.25) is 0 Å². The Morgan fingerprint density at radius 1 is 1.31 bits per heavy atom. The largest absolute Gasteiger partial charge is 0.302 e. The van der Waals surface area contributed by atoms with Crippen molar-refractivity contribution in [2.24, 2.45) is 0 Å². The van der Waals surface area contributed by atoms with E-state index in [1.807, 2.05) is 6.08 Å². The third-order valence-electron chi connectivity index (χ3n) is 2.17. The van der Waals surface area contributed by atoms with Crippen molar-refractivity contribution in [3.05, 3.63) is 11.9 Å². The average molecular weight is 285 g/mol. The molecule has 0 aromatic carbocycles. The maximum Gasteiger partial charge on any atom is 0.222 e. The average Bonchev–Trinajstić information content (AvgIpc) is 2.21. The molecule has 94 valence electrons. The summed E-state index contributed by atoms with van der Waals surface area (Å²) in [5, 5.41) is -0.489. The number of hydrogen-bond donors (Lipinski definition) is 0. The topological polar surface area (TPSA) is 34.1 Å². The summed E-state index contributed by atoms with van der Waals surface area (Å²) >= 11 is 10.9. The van der Waals surface area contributed by atoms with E-state index in [-0.39, 0.29) is 12.6 Å². The van der Waals surface area contributed by atoms with Gasteiger partial charge in [-0.2, -0.15) is 0 Å². The Labute approximate surface area is 108 Å². The summed E-state index contributed by atoms with van der Waals surface area (Å²) in [6.45, 7) is -0.657. The monoisotopic (exact) mass is 284 g/mol. The highest BCUT2D eigenvalue weighted by Crippen LogP contribution is 2.53. The molecule has 0 fully saturated rings. The fourth-order valence-electron chi connectivity index (χ4n) is 1.24. The van der Waals surface area contributed by atoms with E-state index in [0.29, 0.717) is 0 Å². The first-order chi connectivity index (χ1) is 7.48. The van der Waals surface area contributed by atoms with E-state index in [1.54, 1.807) is 5.82 Å². The summed E-state index contributed by atoms with van der Waals surface area (Å²) in [4.78, 5) is 10.5. The lowest BCUT2D eigenvalue weighted by Gasteiger charge is -2.02. The maximum atomic E-state index is 11.7. The molecule has 2 nitrogen and oxygen atoms in total. The number of halogens is 2. The van der Waals surface area contributed by atoms with Crippen molar-refractivity contribution in [1.29, 1.82) is 0 Å². The van der Waals surface area contributed by atoms with E-state index >= 15 is 0 Å². The SMILES string of the molecule is CCCCCC/C=C/P(=O)(Cl)CCC(=O)Cl. The van der Waals surface area contributed by atoms with Crippen LogP contribution in [0.4, 0.5) is 0 Å². The quantitative estimate of drug-likeness (QED) is 0.334. The molecule has 0 radical (unpaired) electrons. The lowest BCUT2D eigenvalue weighted by molar-refractivity contribution is -0.111. The molecule has 16 heavy (non-hydrogen) atoms. The van der Waals surface area contributed by atoms with E-state index in [9.17, 15) is 9.36 Å². The highest BCUT2D eigenvalue weighted by molar-refractivity contribution is 7.91. The molecular formula is C11H19Cl2O2P. The van der Waals surface area contributed by atoms with Crippen molar-refractivity contribution in [3.8, 4) is 0 Å². The van der Waals surface area contributed by atoms with Gasteiger partial charge >= 0.3 is 0 Å². The second-order valence-electron chi connectivity index (χ2n) is 3.77. The molecule has 0 bridgehead atoms. The van der Waals surface area contributed by atoms with Gasteiger partial charge in [-0.05, 0) is 41.5 Å². The number of carbonyl (C=O) groups excluding carboxylic acids is 1. The van der Waals surface area contributed by atoms with Crippen LogP contribution in [0.5, 0.6) is 0 Å². The zero-order valence-electron chi connectivity index (χ0n) is 9.62. The Bertz CT molecular complexity index is 277. The van der Waals surface area contributed by atoms with Gasteiger partial charge in [0.05, 0.1) is 0 Å². The standard InChI is InChI=1S/C11H19Cl2O2P/c1-2-3-4-5-6-7-9-16(13,15)10-8-11(12)14/h7,9H,2-6,8,10H2,1H3/b9-7+. The van der Waals surface area contributed by atoms with Crippen LogP contribution in [-0.2, 0) is 9.36 Å². The summed E-state index contributed by atoms with van der Waals surface area (Å²) in [6, 6.07) is 0. The van der Waals surface area contributed by atoms with Crippen LogP contribution in [0.1, 0.15) is 45.4 Å². The molecule has 0 spiro atoms. The molecule has 1 atom stereocenters. The molecule has 0 aliphatic carbocycles. The van der Waals surface area contributed by atoms with Gasteiger partial charge in [-0.15, -0.1) is 0 Å². The first-order valence-corrected chi connectivity index (χ1v) is 8.87.